The molecule has 0 bridgehead atoms. The zero-order valence-corrected chi connectivity index (χ0v) is 15.1. The molecule has 25 heavy (non-hydrogen) atoms. The molecular weight excluding hydrogens is 359 g/mol. The molecule has 0 atom stereocenters. The third-order valence-corrected chi connectivity index (χ3v) is 4.87. The predicted molar refractivity (Wildman–Crippen MR) is 99.1 cm³/mol. The van der Waals surface area contributed by atoms with Crippen LogP contribution < -0.4 is 0 Å². The third kappa shape index (κ3) is 4.33. The van der Waals surface area contributed by atoms with Gasteiger partial charge in [-0.05, 0) is 29.8 Å². The molecule has 0 unspecified atom stereocenters. The van der Waals surface area contributed by atoms with Gasteiger partial charge in [-0.1, -0.05) is 47.5 Å². The summed E-state index contributed by atoms with van der Waals surface area (Å²) >= 11 is 12.0. The summed E-state index contributed by atoms with van der Waals surface area (Å²) in [6.45, 7) is 2.08. The molecule has 2 aromatic rings. The van der Waals surface area contributed by atoms with Crippen LogP contribution in [0.15, 0.2) is 48.5 Å². The van der Waals surface area contributed by atoms with Crippen LogP contribution in [0.3, 0.4) is 0 Å². The van der Waals surface area contributed by atoms with Crippen LogP contribution in [0, 0.1) is 0 Å². The number of rotatable bonds is 3. The molecule has 0 aromatic heterocycles. The molecule has 0 spiro atoms. The van der Waals surface area contributed by atoms with Gasteiger partial charge in [-0.2, -0.15) is 0 Å². The van der Waals surface area contributed by atoms with Gasteiger partial charge in [0, 0.05) is 31.2 Å². The smallest absolute Gasteiger partial charge is 0.255 e. The Morgan fingerprint density at radius 1 is 0.840 bits per heavy atom. The first kappa shape index (κ1) is 17.8. The number of carbonyl (C=O) groups excluding carboxylic acids is 2. The van der Waals surface area contributed by atoms with Crippen molar-refractivity contribution in [1.29, 1.82) is 0 Å². The maximum atomic E-state index is 12.5. The van der Waals surface area contributed by atoms with Crippen LogP contribution in [-0.4, -0.2) is 47.8 Å². The second kappa shape index (κ2) is 7.89. The number of hydrogen-bond donors (Lipinski definition) is 0. The Balaban J connectivity index is 1.56. The van der Waals surface area contributed by atoms with Gasteiger partial charge in [-0.15, -0.1) is 0 Å². The summed E-state index contributed by atoms with van der Waals surface area (Å²) in [6.07, 6.45) is 0.343. The van der Waals surface area contributed by atoms with E-state index in [-0.39, 0.29) is 11.8 Å². The van der Waals surface area contributed by atoms with Crippen LogP contribution in [-0.2, 0) is 11.2 Å². The van der Waals surface area contributed by atoms with E-state index in [1.807, 2.05) is 12.1 Å². The van der Waals surface area contributed by atoms with E-state index >= 15 is 0 Å². The quantitative estimate of drug-likeness (QED) is 0.821. The highest BCUT2D eigenvalue weighted by atomic mass is 35.5. The van der Waals surface area contributed by atoms with Crippen molar-refractivity contribution in [2.24, 2.45) is 0 Å². The van der Waals surface area contributed by atoms with Gasteiger partial charge in [0.15, 0.2) is 0 Å². The van der Waals surface area contributed by atoms with Crippen LogP contribution in [0.1, 0.15) is 15.9 Å². The Hall–Kier alpha value is -2.04. The molecule has 1 saturated heterocycles. The van der Waals surface area contributed by atoms with E-state index in [2.05, 4.69) is 0 Å². The second-order valence-corrected chi connectivity index (χ2v) is 6.80. The van der Waals surface area contributed by atoms with E-state index in [0.717, 1.165) is 5.56 Å². The molecule has 0 radical (unpaired) electrons. The minimum Gasteiger partial charge on any atom is -0.339 e. The molecule has 130 valence electrons. The summed E-state index contributed by atoms with van der Waals surface area (Å²) in [5.41, 5.74) is 1.44. The topological polar surface area (TPSA) is 40.6 Å². The van der Waals surface area contributed by atoms with Crippen molar-refractivity contribution in [3.63, 3.8) is 0 Å². The summed E-state index contributed by atoms with van der Waals surface area (Å²) in [5.74, 6) is -0.0254. The zero-order chi connectivity index (χ0) is 17.8. The SMILES string of the molecule is O=C(Cc1ccc(Cl)cc1)N1CCN(C(=O)c2ccccc2Cl)CC1. The van der Waals surface area contributed by atoms with Crippen LogP contribution in [0.4, 0.5) is 0 Å². The van der Waals surface area contributed by atoms with Gasteiger partial charge in [-0.25, -0.2) is 0 Å². The Morgan fingerprint density at radius 2 is 1.44 bits per heavy atom. The largest absolute Gasteiger partial charge is 0.339 e. The number of piperazine rings is 1. The lowest BCUT2D eigenvalue weighted by molar-refractivity contribution is -0.131. The first-order valence-corrected chi connectivity index (χ1v) is 8.86. The lowest BCUT2D eigenvalue weighted by atomic mass is 10.1. The molecule has 2 amide bonds. The average Bonchev–Trinajstić information content (AvgIpc) is 2.63. The molecule has 0 aliphatic carbocycles. The molecule has 1 fully saturated rings. The fourth-order valence-electron chi connectivity index (χ4n) is 2.85. The van der Waals surface area contributed by atoms with Gasteiger partial charge < -0.3 is 9.80 Å². The van der Waals surface area contributed by atoms with Gasteiger partial charge >= 0.3 is 0 Å². The van der Waals surface area contributed by atoms with Crippen molar-refractivity contribution < 1.29 is 9.59 Å². The van der Waals surface area contributed by atoms with Crippen molar-refractivity contribution in [1.82, 2.24) is 9.80 Å². The number of halogens is 2. The lowest BCUT2D eigenvalue weighted by Gasteiger charge is -2.35. The number of amides is 2. The van der Waals surface area contributed by atoms with Crippen LogP contribution in [0.5, 0.6) is 0 Å². The van der Waals surface area contributed by atoms with Gasteiger partial charge in [0.05, 0.1) is 17.0 Å². The van der Waals surface area contributed by atoms with Crippen molar-refractivity contribution in [3.05, 3.63) is 69.7 Å². The monoisotopic (exact) mass is 376 g/mol. The molecule has 1 aliphatic rings. The predicted octanol–water partition coefficient (Wildman–Crippen LogP) is 3.52. The highest BCUT2D eigenvalue weighted by Gasteiger charge is 2.25. The Bertz CT molecular complexity index is 769. The van der Waals surface area contributed by atoms with Crippen molar-refractivity contribution in [2.45, 2.75) is 6.42 Å². The van der Waals surface area contributed by atoms with Crippen LogP contribution in [0.25, 0.3) is 0 Å². The number of hydrogen-bond acceptors (Lipinski definition) is 2. The highest BCUT2D eigenvalue weighted by Crippen LogP contribution is 2.18. The van der Waals surface area contributed by atoms with E-state index < -0.39 is 0 Å². The van der Waals surface area contributed by atoms with Crippen LogP contribution in [0.2, 0.25) is 10.0 Å². The summed E-state index contributed by atoms with van der Waals surface area (Å²) in [6, 6.07) is 14.3. The van der Waals surface area contributed by atoms with E-state index in [1.165, 1.54) is 0 Å². The standard InChI is InChI=1S/C19H18Cl2N2O2/c20-15-7-5-14(6-8-15)13-18(24)22-9-11-23(12-10-22)19(25)16-3-1-2-4-17(16)21/h1-8H,9-13H2. The summed E-state index contributed by atoms with van der Waals surface area (Å²) in [4.78, 5) is 28.5. The third-order valence-electron chi connectivity index (χ3n) is 4.29. The normalized spacial score (nSPS) is 14.5. The maximum Gasteiger partial charge on any atom is 0.255 e. The molecule has 1 heterocycles. The first-order chi connectivity index (χ1) is 12.0. The Kier molecular flexibility index (Phi) is 5.61. The molecule has 0 saturated carbocycles. The fourth-order valence-corrected chi connectivity index (χ4v) is 3.20. The minimum atomic E-state index is -0.0876. The summed E-state index contributed by atoms with van der Waals surface area (Å²) in [7, 11) is 0. The first-order valence-electron chi connectivity index (χ1n) is 8.10. The molecular formula is C19H18Cl2N2O2. The number of benzene rings is 2. The summed E-state index contributed by atoms with van der Waals surface area (Å²) in [5, 5.41) is 1.11. The van der Waals surface area contributed by atoms with Crippen molar-refractivity contribution >= 4 is 35.0 Å². The zero-order valence-electron chi connectivity index (χ0n) is 13.6. The van der Waals surface area contributed by atoms with Gasteiger partial charge in [-0.3, -0.25) is 9.59 Å². The van der Waals surface area contributed by atoms with Gasteiger partial charge in [0.1, 0.15) is 0 Å². The minimum absolute atomic E-state index is 0.0622. The van der Waals surface area contributed by atoms with Gasteiger partial charge in [0.2, 0.25) is 5.91 Å². The van der Waals surface area contributed by atoms with E-state index in [1.54, 1.807) is 46.2 Å². The van der Waals surface area contributed by atoms with Crippen LogP contribution >= 0.6 is 23.2 Å². The average molecular weight is 377 g/mol. The molecule has 6 heteroatoms. The maximum absolute atomic E-state index is 12.5. The Morgan fingerprint density at radius 3 is 2.08 bits per heavy atom. The number of carbonyl (C=O) groups is 2. The molecule has 3 rings (SSSR count). The van der Waals surface area contributed by atoms with Gasteiger partial charge in [0.25, 0.3) is 5.91 Å². The van der Waals surface area contributed by atoms with Crippen molar-refractivity contribution in [3.8, 4) is 0 Å². The number of nitrogens with zero attached hydrogens (tertiary/aromatic N) is 2. The van der Waals surface area contributed by atoms with E-state index in [9.17, 15) is 9.59 Å². The van der Waals surface area contributed by atoms with Crippen molar-refractivity contribution in [2.75, 3.05) is 26.2 Å². The lowest BCUT2D eigenvalue weighted by Crippen LogP contribution is -2.51. The summed E-state index contributed by atoms with van der Waals surface area (Å²) < 4.78 is 0. The fraction of sp³-hybridized carbons (Fsp3) is 0.263. The van der Waals surface area contributed by atoms with E-state index in [4.69, 9.17) is 23.2 Å². The van der Waals surface area contributed by atoms with E-state index in [0.29, 0.717) is 48.2 Å². The Labute approximate surface area is 156 Å². The molecule has 4 nitrogen and oxygen atoms in total. The molecule has 1 aliphatic heterocycles. The highest BCUT2D eigenvalue weighted by molar-refractivity contribution is 6.33. The molecule has 0 N–H and O–H groups in total. The molecule has 2 aromatic carbocycles. The second-order valence-electron chi connectivity index (χ2n) is 5.96.